The van der Waals surface area contributed by atoms with Gasteiger partial charge in [0.15, 0.2) is 11.6 Å². The number of benzene rings is 9. The van der Waals surface area contributed by atoms with E-state index < -0.39 is 92.4 Å². The first-order valence-corrected chi connectivity index (χ1v) is 26.4. The van der Waals surface area contributed by atoms with E-state index in [-0.39, 0.29) is 95.7 Å². The maximum absolute atomic E-state index is 17.0. The zero-order chi connectivity index (χ0) is 62.0. The van der Waals surface area contributed by atoms with Gasteiger partial charge in [0.05, 0.1) is 22.3 Å². The quantitative estimate of drug-likeness (QED) is 0.0955. The molecule has 0 N–H and O–H groups in total. The minimum atomic E-state index is -5.33. The molecule has 9 aromatic rings. The summed E-state index contributed by atoms with van der Waals surface area (Å²) in [7, 11) is 0. The smallest absolute Gasteiger partial charge is 0.289 e. The van der Waals surface area contributed by atoms with Gasteiger partial charge in [-0.3, -0.25) is 9.59 Å². The molecule has 87 heavy (non-hydrogen) atoms. The number of carbonyl (C=O) groups is 2. The van der Waals surface area contributed by atoms with Crippen LogP contribution in [-0.2, 0) is 39.7 Å². The van der Waals surface area contributed by atoms with E-state index in [2.05, 4.69) is 0 Å². The average molecular weight is 1200 g/mol. The van der Waals surface area contributed by atoms with Crippen molar-refractivity contribution in [2.75, 3.05) is 0 Å². The summed E-state index contributed by atoms with van der Waals surface area (Å²) >= 11 is 0. The number of halogens is 15. The summed E-state index contributed by atoms with van der Waals surface area (Å²) in [6.07, 6.45) is -26.7. The van der Waals surface area contributed by atoms with Gasteiger partial charge in [-0.25, -0.2) is 0 Å². The maximum Gasteiger partial charge on any atom is 0.416 e. The predicted molar refractivity (Wildman–Crippen MR) is 301 cm³/mol. The number of hydrogen-bond donors (Lipinski definition) is 0. The number of hydrogen-bond acceptors (Lipinski definition) is 2. The molecule has 0 aromatic heterocycles. The minimum Gasteiger partial charge on any atom is -0.289 e. The molecule has 2 aliphatic carbocycles. The van der Waals surface area contributed by atoms with Crippen molar-refractivity contribution in [3.05, 3.63) is 320 Å². The third kappa shape index (κ3) is 10.8. The van der Waals surface area contributed by atoms with Crippen LogP contribution in [0.4, 0.5) is 65.9 Å². The van der Waals surface area contributed by atoms with Crippen molar-refractivity contribution in [2.45, 2.75) is 36.3 Å². The van der Waals surface area contributed by atoms with Crippen LogP contribution < -0.4 is 0 Å². The van der Waals surface area contributed by atoms with Crippen LogP contribution in [0.15, 0.2) is 237 Å². The Morgan fingerprint density at radius 3 is 0.632 bits per heavy atom. The van der Waals surface area contributed by atoms with Gasteiger partial charge in [-0.15, -0.1) is 0 Å². The second kappa shape index (κ2) is 21.9. The van der Waals surface area contributed by atoms with E-state index in [1.54, 1.807) is 24.3 Å². The van der Waals surface area contributed by atoms with Gasteiger partial charge < -0.3 is 0 Å². The fourth-order valence-electron chi connectivity index (χ4n) is 11.5. The summed E-state index contributed by atoms with van der Waals surface area (Å²) in [5, 5.41) is 0. The topological polar surface area (TPSA) is 34.1 Å². The lowest BCUT2D eigenvalue weighted by Crippen LogP contribution is -2.44. The number of rotatable bonds is 11. The van der Waals surface area contributed by atoms with Crippen molar-refractivity contribution in [3.63, 3.8) is 0 Å². The van der Waals surface area contributed by atoms with E-state index >= 15 is 22.8 Å². The fourth-order valence-corrected chi connectivity index (χ4v) is 11.5. The molecule has 0 fully saturated rings. The SMILES string of the molecule is O=C1C(c2ccccc2)=C(c2ccc(C(c3ccccc3)(c3ccc(C4=C(c5ccccc5)C(=O)C(c5ccccc5)=C4c4cc(C(F)(F)F)cc(C(F)(F)F)c4)cc3)C(F)(F)F)cc2)C(c2cc(C(F)(F)F)cc(C(F)(F)F)c2)=C1c1ccccc1. The van der Waals surface area contributed by atoms with Crippen molar-refractivity contribution in [1.29, 1.82) is 0 Å². The minimum absolute atomic E-state index is 0.0699. The number of ketones is 2. The summed E-state index contributed by atoms with van der Waals surface area (Å²) in [6.45, 7) is 0. The Bertz CT molecular complexity index is 3950. The van der Waals surface area contributed by atoms with Gasteiger partial charge in [0, 0.05) is 44.6 Å². The van der Waals surface area contributed by atoms with Crippen LogP contribution in [0.2, 0.25) is 0 Å². The maximum atomic E-state index is 17.0. The second-order valence-electron chi connectivity index (χ2n) is 20.5. The van der Waals surface area contributed by atoms with Gasteiger partial charge in [-0.05, 0) is 97.6 Å². The third-order valence-electron chi connectivity index (χ3n) is 15.3. The molecule has 17 heteroatoms. The zero-order valence-electron chi connectivity index (χ0n) is 44.5. The number of Topliss-reactive ketones (excluding diaryl/α,β-unsaturated/α-hetero) is 2. The molecule has 0 saturated heterocycles. The van der Waals surface area contributed by atoms with E-state index in [0.29, 0.717) is 24.3 Å². The summed E-state index contributed by atoms with van der Waals surface area (Å²) in [5.74, 6) is -1.64. The lowest BCUT2D eigenvalue weighted by Gasteiger charge is -2.38. The Kier molecular flexibility index (Phi) is 14.9. The second-order valence-corrected chi connectivity index (χ2v) is 20.5. The normalized spacial score (nSPS) is 14.7. The highest BCUT2D eigenvalue weighted by Crippen LogP contribution is 2.56. The summed E-state index contributed by atoms with van der Waals surface area (Å²) in [6, 6.07) is 47.2. The highest BCUT2D eigenvalue weighted by atomic mass is 19.4. The lowest BCUT2D eigenvalue weighted by atomic mass is 9.68. The Balaban J connectivity index is 1.15. The Hall–Kier alpha value is -9.77. The van der Waals surface area contributed by atoms with Gasteiger partial charge >= 0.3 is 30.9 Å². The van der Waals surface area contributed by atoms with Crippen LogP contribution in [0.1, 0.15) is 83.5 Å². The van der Waals surface area contributed by atoms with Crippen molar-refractivity contribution < 1.29 is 75.4 Å². The standard InChI is InChI=1S/C70H39F15O2/c71-66(72,73)51-34-46(35-52(38-51)67(74,75)76)57-55(59(40-16-6-1-7-17-40)63(86)61(57)42-20-10-3-11-21-42)44-26-30-49(31-27-44)65(70(83,84)85,48-24-14-5-15-25-48)50-32-28-45(29-33-50)56-58(47-36-53(68(77,78)79)39-54(37-47)69(80,81)82)62(43-22-12-4-13-23-43)64(87)60(56)41-18-8-2-9-19-41/h1-39H. The number of carbonyl (C=O) groups excluding carboxylic acids is 2. The van der Waals surface area contributed by atoms with Gasteiger partial charge in [-0.2, -0.15) is 65.9 Å². The van der Waals surface area contributed by atoms with Gasteiger partial charge in [-0.1, -0.05) is 200 Å². The van der Waals surface area contributed by atoms with Crippen LogP contribution in [-0.4, -0.2) is 17.7 Å². The van der Waals surface area contributed by atoms with Crippen molar-refractivity contribution in [2.24, 2.45) is 0 Å². The predicted octanol–water partition coefficient (Wildman–Crippen LogP) is 19.9. The lowest BCUT2D eigenvalue weighted by molar-refractivity contribution is -0.166. The van der Waals surface area contributed by atoms with E-state index in [1.807, 2.05) is 0 Å². The highest BCUT2D eigenvalue weighted by Gasteiger charge is 2.58. The Labute approximate surface area is 486 Å². The molecule has 0 bridgehead atoms. The van der Waals surface area contributed by atoms with Crippen LogP contribution >= 0.6 is 0 Å². The molecule has 2 nitrogen and oxygen atoms in total. The number of allylic oxidation sites excluding steroid dienone is 8. The molecule has 0 saturated carbocycles. The summed E-state index contributed by atoms with van der Waals surface area (Å²) in [5.41, 5.74) is -14.6. The van der Waals surface area contributed by atoms with Crippen LogP contribution in [0, 0.1) is 0 Å². The van der Waals surface area contributed by atoms with E-state index in [0.717, 1.165) is 24.3 Å². The largest absolute Gasteiger partial charge is 0.416 e. The van der Waals surface area contributed by atoms with E-state index in [1.165, 1.54) is 152 Å². The average Bonchev–Trinajstić information content (AvgIpc) is 1.75. The van der Waals surface area contributed by atoms with Crippen LogP contribution in [0.5, 0.6) is 0 Å². The molecule has 0 unspecified atom stereocenters. The number of alkyl halides is 15. The molecule has 11 rings (SSSR count). The fraction of sp³-hybridized carbons (Fsp3) is 0.0857. The first-order chi connectivity index (χ1) is 41.2. The summed E-state index contributed by atoms with van der Waals surface area (Å²) < 4.78 is 227. The van der Waals surface area contributed by atoms with Crippen molar-refractivity contribution in [3.8, 4) is 0 Å². The molecule has 0 heterocycles. The molecule has 0 spiro atoms. The van der Waals surface area contributed by atoms with E-state index in [9.17, 15) is 52.7 Å². The Morgan fingerprint density at radius 2 is 0.402 bits per heavy atom. The third-order valence-corrected chi connectivity index (χ3v) is 15.3. The zero-order valence-corrected chi connectivity index (χ0v) is 44.5. The molecule has 9 aromatic carbocycles. The van der Waals surface area contributed by atoms with Crippen LogP contribution in [0.25, 0.3) is 44.6 Å². The van der Waals surface area contributed by atoms with E-state index in [4.69, 9.17) is 0 Å². The molecular formula is C70H39F15O2. The van der Waals surface area contributed by atoms with Crippen LogP contribution in [0.3, 0.4) is 0 Å². The summed E-state index contributed by atoms with van der Waals surface area (Å²) in [4.78, 5) is 30.2. The molecule has 436 valence electrons. The van der Waals surface area contributed by atoms with Gasteiger partial charge in [0.1, 0.15) is 5.41 Å². The first-order valence-electron chi connectivity index (χ1n) is 26.4. The monoisotopic (exact) mass is 1200 g/mol. The molecule has 0 aliphatic heterocycles. The highest BCUT2D eigenvalue weighted by molar-refractivity contribution is 6.60. The van der Waals surface area contributed by atoms with Gasteiger partial charge in [0.2, 0.25) is 0 Å². The molecular weight excluding hydrogens is 1160 g/mol. The first kappa shape index (κ1) is 59.0. The molecule has 0 atom stereocenters. The van der Waals surface area contributed by atoms with Gasteiger partial charge in [0.25, 0.3) is 0 Å². The Morgan fingerprint density at radius 1 is 0.195 bits per heavy atom. The molecule has 2 aliphatic rings. The molecule has 0 radical (unpaired) electrons. The van der Waals surface area contributed by atoms with Crippen molar-refractivity contribution in [1.82, 2.24) is 0 Å². The van der Waals surface area contributed by atoms with Crippen molar-refractivity contribution >= 4 is 56.2 Å². The molecule has 0 amide bonds.